The van der Waals surface area contributed by atoms with Crippen LogP contribution in [0.2, 0.25) is 0 Å². The molecule has 0 atom stereocenters. The van der Waals surface area contributed by atoms with Crippen molar-refractivity contribution in [2.45, 2.75) is 6.54 Å². The van der Waals surface area contributed by atoms with E-state index in [2.05, 4.69) is 20.3 Å². The lowest BCUT2D eigenvalue weighted by Gasteiger charge is -2.08. The van der Waals surface area contributed by atoms with Gasteiger partial charge in [0, 0.05) is 18.6 Å². The highest BCUT2D eigenvalue weighted by atomic mass is 16.1. The normalized spacial score (nSPS) is 10.7. The van der Waals surface area contributed by atoms with Gasteiger partial charge in [-0.05, 0) is 17.7 Å². The van der Waals surface area contributed by atoms with Crippen LogP contribution in [0, 0.1) is 0 Å². The maximum Gasteiger partial charge on any atom is 0.352 e. The first kappa shape index (κ1) is 12.3. The van der Waals surface area contributed by atoms with Crippen molar-refractivity contribution in [3.05, 3.63) is 58.9 Å². The van der Waals surface area contributed by atoms with Crippen LogP contribution < -0.4 is 11.0 Å². The zero-order chi connectivity index (χ0) is 13.9. The van der Waals surface area contributed by atoms with Crippen molar-refractivity contribution in [2.24, 2.45) is 0 Å². The highest BCUT2D eigenvalue weighted by molar-refractivity contribution is 5.81. The van der Waals surface area contributed by atoms with Crippen LogP contribution in [0.4, 0.5) is 5.95 Å². The lowest BCUT2D eigenvalue weighted by Crippen LogP contribution is -2.25. The lowest BCUT2D eigenvalue weighted by molar-refractivity contribution is 0.705. The molecule has 6 heteroatoms. The van der Waals surface area contributed by atoms with Crippen molar-refractivity contribution in [3.63, 3.8) is 0 Å². The van der Waals surface area contributed by atoms with E-state index in [1.807, 2.05) is 30.3 Å². The van der Waals surface area contributed by atoms with Gasteiger partial charge in [-0.3, -0.25) is 9.55 Å². The Morgan fingerprint density at radius 1 is 1.20 bits per heavy atom. The molecule has 20 heavy (non-hydrogen) atoms. The molecular weight excluding hydrogens is 254 g/mol. The minimum Gasteiger partial charge on any atom is -0.357 e. The molecule has 0 unspecified atom stereocenters. The standard InChI is InChI=1S/C14H13N5O/c1-15-13-17-9-19(14(20)18-13)8-10-6-7-16-12-5-3-2-4-11(10)12/h2-7,9H,8H2,1H3,(H,15,18,20). The van der Waals surface area contributed by atoms with Crippen molar-refractivity contribution < 1.29 is 0 Å². The monoisotopic (exact) mass is 267 g/mol. The van der Waals surface area contributed by atoms with Crippen molar-refractivity contribution in [1.29, 1.82) is 0 Å². The molecule has 100 valence electrons. The summed E-state index contributed by atoms with van der Waals surface area (Å²) in [6.45, 7) is 0.422. The van der Waals surface area contributed by atoms with Crippen LogP contribution in [0.25, 0.3) is 10.9 Å². The molecule has 0 aliphatic carbocycles. The van der Waals surface area contributed by atoms with Gasteiger partial charge in [-0.15, -0.1) is 0 Å². The summed E-state index contributed by atoms with van der Waals surface area (Å²) >= 11 is 0. The van der Waals surface area contributed by atoms with E-state index in [9.17, 15) is 4.79 Å². The van der Waals surface area contributed by atoms with Crippen molar-refractivity contribution >= 4 is 16.9 Å². The fourth-order valence-corrected chi connectivity index (χ4v) is 2.06. The molecule has 1 aromatic carbocycles. The van der Waals surface area contributed by atoms with Gasteiger partial charge in [0.25, 0.3) is 0 Å². The third kappa shape index (κ3) is 2.23. The number of hydrogen-bond donors (Lipinski definition) is 1. The van der Waals surface area contributed by atoms with Gasteiger partial charge in [0.15, 0.2) is 0 Å². The van der Waals surface area contributed by atoms with Gasteiger partial charge in [-0.25, -0.2) is 9.78 Å². The van der Waals surface area contributed by atoms with E-state index in [1.54, 1.807) is 13.2 Å². The van der Waals surface area contributed by atoms with Crippen LogP contribution in [0.3, 0.4) is 0 Å². The third-order valence-electron chi connectivity index (χ3n) is 3.07. The predicted octanol–water partition coefficient (Wildman–Crippen LogP) is 1.28. The van der Waals surface area contributed by atoms with Crippen molar-refractivity contribution in [3.8, 4) is 0 Å². The van der Waals surface area contributed by atoms with Gasteiger partial charge in [0.2, 0.25) is 5.95 Å². The molecular formula is C14H13N5O. The summed E-state index contributed by atoms with van der Waals surface area (Å²) in [7, 11) is 1.68. The molecule has 0 saturated carbocycles. The summed E-state index contributed by atoms with van der Waals surface area (Å²) in [5.41, 5.74) is 1.59. The minimum absolute atomic E-state index is 0.325. The summed E-state index contributed by atoms with van der Waals surface area (Å²) in [6.07, 6.45) is 3.24. The first-order valence-corrected chi connectivity index (χ1v) is 6.22. The van der Waals surface area contributed by atoms with Crippen LogP contribution in [0.1, 0.15) is 5.56 Å². The van der Waals surface area contributed by atoms with E-state index < -0.39 is 0 Å². The number of fused-ring (bicyclic) bond motifs is 1. The first-order valence-electron chi connectivity index (χ1n) is 6.22. The summed E-state index contributed by atoms with van der Waals surface area (Å²) in [5.74, 6) is 0.325. The van der Waals surface area contributed by atoms with E-state index in [-0.39, 0.29) is 5.69 Å². The van der Waals surface area contributed by atoms with E-state index >= 15 is 0 Å². The Balaban J connectivity index is 2.03. The fourth-order valence-electron chi connectivity index (χ4n) is 2.06. The summed E-state index contributed by atoms with van der Waals surface area (Å²) in [6, 6.07) is 9.74. The molecule has 2 aromatic heterocycles. The Bertz CT molecular complexity index is 807. The Morgan fingerprint density at radius 2 is 2.05 bits per heavy atom. The number of nitrogens with one attached hydrogen (secondary N) is 1. The number of nitrogens with zero attached hydrogens (tertiary/aromatic N) is 4. The number of para-hydroxylation sites is 1. The second-order valence-electron chi connectivity index (χ2n) is 4.33. The largest absolute Gasteiger partial charge is 0.357 e. The molecule has 3 aromatic rings. The molecule has 0 aliphatic rings. The fraction of sp³-hybridized carbons (Fsp3) is 0.143. The average Bonchev–Trinajstić information content (AvgIpc) is 2.49. The van der Waals surface area contributed by atoms with E-state index in [0.717, 1.165) is 16.5 Å². The first-order chi connectivity index (χ1) is 9.78. The minimum atomic E-state index is -0.328. The Hall–Kier alpha value is -2.76. The molecule has 0 radical (unpaired) electrons. The third-order valence-corrected chi connectivity index (χ3v) is 3.07. The molecule has 0 spiro atoms. The number of hydrogen-bond acceptors (Lipinski definition) is 5. The molecule has 3 rings (SSSR count). The molecule has 0 amide bonds. The molecule has 6 nitrogen and oxygen atoms in total. The van der Waals surface area contributed by atoms with E-state index in [4.69, 9.17) is 0 Å². The SMILES string of the molecule is CNc1ncn(Cc2ccnc3ccccc23)c(=O)n1. The molecule has 1 N–H and O–H groups in total. The maximum atomic E-state index is 11.9. The molecule has 0 fully saturated rings. The summed E-state index contributed by atoms with van der Waals surface area (Å²) in [4.78, 5) is 24.1. The number of benzene rings is 1. The zero-order valence-electron chi connectivity index (χ0n) is 10.9. The number of rotatable bonds is 3. The number of anilines is 1. The molecule has 2 heterocycles. The molecule has 0 bridgehead atoms. The Kier molecular flexibility index (Phi) is 3.12. The lowest BCUT2D eigenvalue weighted by atomic mass is 10.1. The average molecular weight is 267 g/mol. The highest BCUT2D eigenvalue weighted by Crippen LogP contribution is 2.16. The number of pyridine rings is 1. The topological polar surface area (TPSA) is 72.7 Å². The smallest absolute Gasteiger partial charge is 0.352 e. The van der Waals surface area contributed by atoms with Crippen molar-refractivity contribution in [1.82, 2.24) is 19.5 Å². The Labute approximate surface area is 115 Å². The van der Waals surface area contributed by atoms with Crippen LogP contribution in [0.15, 0.2) is 47.7 Å². The predicted molar refractivity (Wildman–Crippen MR) is 76.7 cm³/mol. The van der Waals surface area contributed by atoms with Gasteiger partial charge in [-0.2, -0.15) is 4.98 Å². The highest BCUT2D eigenvalue weighted by Gasteiger charge is 2.05. The summed E-state index contributed by atoms with van der Waals surface area (Å²) < 4.78 is 1.47. The van der Waals surface area contributed by atoms with Gasteiger partial charge in [0.05, 0.1) is 12.1 Å². The van der Waals surface area contributed by atoms with E-state index in [0.29, 0.717) is 12.5 Å². The van der Waals surface area contributed by atoms with E-state index in [1.165, 1.54) is 10.9 Å². The maximum absolute atomic E-state index is 11.9. The van der Waals surface area contributed by atoms with Crippen molar-refractivity contribution in [2.75, 3.05) is 12.4 Å². The van der Waals surface area contributed by atoms with Crippen LogP contribution in [-0.2, 0) is 6.54 Å². The molecule has 0 aliphatic heterocycles. The number of aromatic nitrogens is 4. The van der Waals surface area contributed by atoms with Crippen LogP contribution in [-0.4, -0.2) is 26.6 Å². The van der Waals surface area contributed by atoms with Crippen LogP contribution >= 0.6 is 0 Å². The second kappa shape index (κ2) is 5.08. The van der Waals surface area contributed by atoms with Gasteiger partial charge >= 0.3 is 5.69 Å². The van der Waals surface area contributed by atoms with Gasteiger partial charge < -0.3 is 5.32 Å². The quantitative estimate of drug-likeness (QED) is 0.773. The zero-order valence-corrected chi connectivity index (χ0v) is 10.9. The van der Waals surface area contributed by atoms with Gasteiger partial charge in [0.1, 0.15) is 6.33 Å². The summed E-state index contributed by atoms with van der Waals surface area (Å²) in [5, 5.41) is 3.77. The Morgan fingerprint density at radius 3 is 2.85 bits per heavy atom. The van der Waals surface area contributed by atoms with Crippen LogP contribution in [0.5, 0.6) is 0 Å². The van der Waals surface area contributed by atoms with Gasteiger partial charge in [-0.1, -0.05) is 18.2 Å². The second-order valence-corrected chi connectivity index (χ2v) is 4.33. The molecule has 0 saturated heterocycles.